The number of nitrogens with zero attached hydrogens (tertiary/aromatic N) is 1. The van der Waals surface area contributed by atoms with Crippen molar-refractivity contribution in [1.82, 2.24) is 4.90 Å². The van der Waals surface area contributed by atoms with Crippen LogP contribution in [0, 0.1) is 0 Å². The SMILES string of the molecule is C=C(C)COc1cccc(NC(=O)CNc2ccc(C(=O)N3CCCCC3)cc2)c1. The average Bonchev–Trinajstić information content (AvgIpc) is 2.77. The van der Waals surface area contributed by atoms with E-state index in [4.69, 9.17) is 4.74 Å². The van der Waals surface area contributed by atoms with Gasteiger partial charge in [-0.05, 0) is 68.2 Å². The van der Waals surface area contributed by atoms with Crippen LogP contribution in [0.4, 0.5) is 11.4 Å². The van der Waals surface area contributed by atoms with Crippen molar-refractivity contribution in [2.75, 3.05) is 36.9 Å². The lowest BCUT2D eigenvalue weighted by Gasteiger charge is -2.26. The maximum absolute atomic E-state index is 12.5. The maximum atomic E-state index is 12.5. The summed E-state index contributed by atoms with van der Waals surface area (Å²) in [7, 11) is 0. The van der Waals surface area contributed by atoms with Gasteiger partial charge in [-0.1, -0.05) is 12.6 Å². The number of benzene rings is 2. The third kappa shape index (κ3) is 6.37. The van der Waals surface area contributed by atoms with Crippen LogP contribution in [-0.4, -0.2) is 43.0 Å². The lowest BCUT2D eigenvalue weighted by molar-refractivity contribution is -0.114. The number of carbonyl (C=O) groups is 2. The summed E-state index contributed by atoms with van der Waals surface area (Å²) < 4.78 is 5.60. The number of hydrogen-bond acceptors (Lipinski definition) is 4. The lowest BCUT2D eigenvalue weighted by atomic mass is 10.1. The van der Waals surface area contributed by atoms with Crippen molar-refractivity contribution in [1.29, 1.82) is 0 Å². The molecule has 1 heterocycles. The van der Waals surface area contributed by atoms with E-state index >= 15 is 0 Å². The fourth-order valence-electron chi connectivity index (χ4n) is 3.27. The smallest absolute Gasteiger partial charge is 0.253 e. The van der Waals surface area contributed by atoms with Gasteiger partial charge in [0, 0.05) is 36.1 Å². The van der Waals surface area contributed by atoms with Gasteiger partial charge in [-0.3, -0.25) is 9.59 Å². The van der Waals surface area contributed by atoms with E-state index in [1.807, 2.05) is 42.2 Å². The Morgan fingerprint density at radius 2 is 1.77 bits per heavy atom. The highest BCUT2D eigenvalue weighted by Crippen LogP contribution is 2.18. The Morgan fingerprint density at radius 1 is 1.03 bits per heavy atom. The van der Waals surface area contributed by atoms with Crippen molar-refractivity contribution in [2.45, 2.75) is 26.2 Å². The number of likely N-dealkylation sites (tertiary alicyclic amines) is 1. The van der Waals surface area contributed by atoms with Crippen LogP contribution in [0.3, 0.4) is 0 Å². The van der Waals surface area contributed by atoms with Gasteiger partial charge in [0.2, 0.25) is 5.91 Å². The summed E-state index contributed by atoms with van der Waals surface area (Å²) in [5.41, 5.74) is 3.07. The summed E-state index contributed by atoms with van der Waals surface area (Å²) >= 11 is 0. The maximum Gasteiger partial charge on any atom is 0.253 e. The molecule has 158 valence electrons. The molecule has 1 saturated heterocycles. The topological polar surface area (TPSA) is 70.7 Å². The van der Waals surface area contributed by atoms with E-state index in [1.165, 1.54) is 6.42 Å². The second kappa shape index (κ2) is 10.5. The Morgan fingerprint density at radius 3 is 2.47 bits per heavy atom. The number of hydrogen-bond donors (Lipinski definition) is 2. The summed E-state index contributed by atoms with van der Waals surface area (Å²) in [5, 5.41) is 5.93. The average molecular weight is 408 g/mol. The molecule has 0 unspecified atom stereocenters. The van der Waals surface area contributed by atoms with E-state index in [2.05, 4.69) is 17.2 Å². The first-order valence-electron chi connectivity index (χ1n) is 10.3. The molecule has 0 aromatic heterocycles. The zero-order valence-corrected chi connectivity index (χ0v) is 17.4. The molecule has 6 nitrogen and oxygen atoms in total. The number of anilines is 2. The Hall–Kier alpha value is -3.28. The Kier molecular flexibility index (Phi) is 7.49. The van der Waals surface area contributed by atoms with Gasteiger partial charge < -0.3 is 20.3 Å². The molecule has 6 heteroatoms. The molecule has 0 spiro atoms. The van der Waals surface area contributed by atoms with Crippen molar-refractivity contribution >= 4 is 23.2 Å². The number of amides is 2. The summed E-state index contributed by atoms with van der Waals surface area (Å²) in [4.78, 5) is 26.7. The van der Waals surface area contributed by atoms with Crippen LogP contribution in [-0.2, 0) is 4.79 Å². The second-order valence-corrected chi connectivity index (χ2v) is 7.61. The van der Waals surface area contributed by atoms with Gasteiger partial charge in [0.15, 0.2) is 0 Å². The molecule has 0 atom stereocenters. The zero-order chi connectivity index (χ0) is 21.3. The fraction of sp³-hybridized carbons (Fsp3) is 0.333. The van der Waals surface area contributed by atoms with Crippen LogP contribution in [0.15, 0.2) is 60.7 Å². The van der Waals surface area contributed by atoms with E-state index in [0.29, 0.717) is 23.6 Å². The van der Waals surface area contributed by atoms with Crippen LogP contribution >= 0.6 is 0 Å². The first-order valence-corrected chi connectivity index (χ1v) is 10.3. The molecule has 2 amide bonds. The monoisotopic (exact) mass is 407 g/mol. The predicted octanol–water partition coefficient (Wildman–Crippen LogP) is 4.32. The minimum absolute atomic E-state index is 0.0766. The second-order valence-electron chi connectivity index (χ2n) is 7.61. The normalized spacial score (nSPS) is 13.4. The van der Waals surface area contributed by atoms with Gasteiger partial charge in [-0.25, -0.2) is 0 Å². The van der Waals surface area contributed by atoms with Crippen LogP contribution < -0.4 is 15.4 Å². The van der Waals surface area contributed by atoms with Crippen molar-refractivity contribution < 1.29 is 14.3 Å². The lowest BCUT2D eigenvalue weighted by Crippen LogP contribution is -2.35. The molecule has 1 fully saturated rings. The van der Waals surface area contributed by atoms with E-state index in [-0.39, 0.29) is 18.4 Å². The molecule has 0 aliphatic carbocycles. The molecule has 2 aromatic carbocycles. The number of piperidine rings is 1. The highest BCUT2D eigenvalue weighted by Gasteiger charge is 2.17. The molecular weight excluding hydrogens is 378 g/mol. The number of nitrogens with one attached hydrogen (secondary N) is 2. The van der Waals surface area contributed by atoms with Crippen LogP contribution in [0.2, 0.25) is 0 Å². The highest BCUT2D eigenvalue weighted by molar-refractivity contribution is 5.95. The van der Waals surface area contributed by atoms with Gasteiger partial charge in [0.1, 0.15) is 12.4 Å². The van der Waals surface area contributed by atoms with E-state index in [1.54, 1.807) is 18.2 Å². The van der Waals surface area contributed by atoms with Gasteiger partial charge in [-0.15, -0.1) is 0 Å². The van der Waals surface area contributed by atoms with Crippen molar-refractivity contribution in [3.63, 3.8) is 0 Å². The van der Waals surface area contributed by atoms with Crippen LogP contribution in [0.1, 0.15) is 36.5 Å². The quantitative estimate of drug-likeness (QED) is 0.640. The molecular formula is C24H29N3O3. The molecule has 1 aliphatic heterocycles. The van der Waals surface area contributed by atoms with Crippen molar-refractivity contribution in [3.8, 4) is 5.75 Å². The van der Waals surface area contributed by atoms with Crippen molar-refractivity contribution in [3.05, 3.63) is 66.2 Å². The Bertz CT molecular complexity index is 887. The molecule has 3 rings (SSSR count). The molecule has 0 saturated carbocycles. The molecule has 2 N–H and O–H groups in total. The fourth-order valence-corrected chi connectivity index (χ4v) is 3.27. The zero-order valence-electron chi connectivity index (χ0n) is 17.4. The first-order chi connectivity index (χ1) is 14.5. The van der Waals surface area contributed by atoms with Gasteiger partial charge in [-0.2, -0.15) is 0 Å². The number of rotatable bonds is 8. The van der Waals surface area contributed by atoms with Gasteiger partial charge >= 0.3 is 0 Å². The predicted molar refractivity (Wildman–Crippen MR) is 120 cm³/mol. The Labute approximate surface area is 177 Å². The summed E-state index contributed by atoms with van der Waals surface area (Å²) in [6.45, 7) is 7.93. The molecule has 0 bridgehead atoms. The Balaban J connectivity index is 1.48. The van der Waals surface area contributed by atoms with E-state index in [9.17, 15) is 9.59 Å². The first kappa shape index (κ1) is 21.4. The summed E-state index contributed by atoms with van der Waals surface area (Å²) in [6.07, 6.45) is 3.34. The molecule has 0 radical (unpaired) electrons. The minimum atomic E-state index is -0.166. The van der Waals surface area contributed by atoms with Gasteiger partial charge in [0.25, 0.3) is 5.91 Å². The molecule has 30 heavy (non-hydrogen) atoms. The van der Waals surface area contributed by atoms with E-state index in [0.717, 1.165) is 37.2 Å². The highest BCUT2D eigenvalue weighted by atomic mass is 16.5. The molecule has 1 aliphatic rings. The minimum Gasteiger partial charge on any atom is -0.489 e. The molecule has 2 aromatic rings. The number of carbonyl (C=O) groups excluding carboxylic acids is 2. The summed E-state index contributed by atoms with van der Waals surface area (Å²) in [5.74, 6) is 0.589. The number of ether oxygens (including phenoxy) is 1. The van der Waals surface area contributed by atoms with Crippen LogP contribution in [0.5, 0.6) is 5.75 Å². The summed E-state index contributed by atoms with van der Waals surface area (Å²) in [6, 6.07) is 14.5. The third-order valence-electron chi connectivity index (χ3n) is 4.83. The van der Waals surface area contributed by atoms with Gasteiger partial charge in [0.05, 0.1) is 6.54 Å². The van der Waals surface area contributed by atoms with Crippen LogP contribution in [0.25, 0.3) is 0 Å². The largest absolute Gasteiger partial charge is 0.489 e. The van der Waals surface area contributed by atoms with E-state index < -0.39 is 0 Å². The third-order valence-corrected chi connectivity index (χ3v) is 4.83. The van der Waals surface area contributed by atoms with Crippen molar-refractivity contribution in [2.24, 2.45) is 0 Å². The standard InChI is InChI=1S/C24H29N3O3/c1-18(2)17-30-22-8-6-7-21(15-22)26-23(28)16-25-20-11-9-19(10-12-20)24(29)27-13-4-3-5-14-27/h6-12,15,25H,1,3-5,13-14,16-17H2,2H3,(H,26,28).